The van der Waals surface area contributed by atoms with Crippen LogP contribution in [0.25, 0.3) is 142 Å². The van der Waals surface area contributed by atoms with Crippen molar-refractivity contribution in [1.29, 1.82) is 0 Å². The zero-order valence-corrected chi connectivity index (χ0v) is 33.5. The average molecular weight is 783 g/mol. The summed E-state index contributed by atoms with van der Waals surface area (Å²) in [6.45, 7) is 0. The van der Waals surface area contributed by atoms with Crippen LogP contribution in [0.5, 0.6) is 0 Å². The fourth-order valence-corrected chi connectivity index (χ4v) is 11.5. The van der Waals surface area contributed by atoms with Gasteiger partial charge >= 0.3 is 0 Å². The normalized spacial score (nSPS) is 12.5. The second-order valence-electron chi connectivity index (χ2n) is 17.2. The average Bonchev–Trinajstić information content (AvgIpc) is 3.86. The molecule has 15 aromatic rings. The Morgan fingerprint density at radius 3 is 0.806 bits per heavy atom. The Bertz CT molecular complexity index is 4090. The molecule has 0 unspecified atom stereocenters. The molecule has 0 bridgehead atoms. The Hall–Kier alpha value is -8.20. The van der Waals surface area contributed by atoms with Crippen LogP contribution < -0.4 is 0 Å². The molecule has 0 N–H and O–H groups in total. The molecule has 0 saturated carbocycles. The summed E-state index contributed by atoms with van der Waals surface area (Å²) in [5.74, 6) is 0. The number of fused-ring (bicyclic) bond motifs is 20. The molecule has 0 aliphatic rings. The van der Waals surface area contributed by atoms with E-state index in [1.165, 1.54) is 142 Å². The van der Waals surface area contributed by atoms with Crippen molar-refractivity contribution in [2.75, 3.05) is 0 Å². The zero-order valence-electron chi connectivity index (χ0n) is 33.5. The largest absolute Gasteiger partial charge is 0.305 e. The van der Waals surface area contributed by atoms with E-state index < -0.39 is 0 Å². The molecule has 0 aliphatic heterocycles. The highest BCUT2D eigenvalue weighted by atomic mass is 15.0. The lowest BCUT2D eigenvalue weighted by molar-refractivity contribution is 1.26. The first-order valence-electron chi connectivity index (χ1n) is 21.6. The summed E-state index contributed by atoms with van der Waals surface area (Å²) < 4.78 is 5.07. The molecule has 0 amide bonds. The summed E-state index contributed by atoms with van der Waals surface area (Å²) in [5.41, 5.74) is 12.3. The lowest BCUT2D eigenvalue weighted by Gasteiger charge is -2.13. The molecule has 2 heteroatoms. The van der Waals surface area contributed by atoms with Crippen LogP contribution in [-0.2, 0) is 0 Å². The van der Waals surface area contributed by atoms with Crippen molar-refractivity contribution in [3.8, 4) is 22.3 Å². The van der Waals surface area contributed by atoms with Crippen molar-refractivity contribution < 1.29 is 0 Å². The smallest absolute Gasteiger partial charge is 0.0783 e. The van der Waals surface area contributed by atoms with Gasteiger partial charge < -0.3 is 8.80 Å². The molecule has 3 aromatic heterocycles. The number of rotatable bonds is 2. The van der Waals surface area contributed by atoms with Crippen LogP contribution in [0.2, 0.25) is 0 Å². The number of hydrogen-bond donors (Lipinski definition) is 0. The first kappa shape index (κ1) is 32.6. The van der Waals surface area contributed by atoms with E-state index in [0.29, 0.717) is 0 Å². The topological polar surface area (TPSA) is 8.82 Å². The van der Waals surface area contributed by atoms with Gasteiger partial charge in [-0.1, -0.05) is 170 Å². The third-order valence-electron chi connectivity index (χ3n) is 14.2. The summed E-state index contributed by atoms with van der Waals surface area (Å²) in [6.07, 6.45) is 0. The zero-order chi connectivity index (χ0) is 40.2. The van der Waals surface area contributed by atoms with Gasteiger partial charge in [-0.15, -0.1) is 0 Å². The van der Waals surface area contributed by atoms with Crippen molar-refractivity contribution in [2.24, 2.45) is 0 Å². The lowest BCUT2D eigenvalue weighted by atomic mass is 9.92. The molecule has 12 aromatic carbocycles. The molecule has 0 fully saturated rings. The van der Waals surface area contributed by atoms with Gasteiger partial charge in [-0.3, -0.25) is 0 Å². The number of hydrogen-bond acceptors (Lipinski definition) is 0. The molecule has 0 aliphatic carbocycles. The van der Waals surface area contributed by atoms with E-state index in [4.69, 9.17) is 0 Å². The fraction of sp³-hybridized carbons (Fsp3) is 0. The summed E-state index contributed by atoms with van der Waals surface area (Å²) in [4.78, 5) is 0. The highest BCUT2D eigenvalue weighted by Crippen LogP contribution is 2.44. The van der Waals surface area contributed by atoms with Crippen molar-refractivity contribution in [2.45, 2.75) is 0 Å². The van der Waals surface area contributed by atoms with E-state index in [-0.39, 0.29) is 0 Å². The summed E-state index contributed by atoms with van der Waals surface area (Å²) in [6, 6.07) is 77.3. The Morgan fingerprint density at radius 2 is 0.452 bits per heavy atom. The second-order valence-corrected chi connectivity index (χ2v) is 17.2. The van der Waals surface area contributed by atoms with Gasteiger partial charge in [0.15, 0.2) is 0 Å². The SMILES string of the molecule is c1ccc2c(c1)c1ccccc1c1cc(-c3ccc4c5cccc6c5n(c4c3)c3cccc4c5ccc(-c7ccc8c9ccccc9c9ccccc9c8c7)cc5n6c43)ccc21. The third kappa shape index (κ3) is 4.14. The first-order chi connectivity index (χ1) is 30.8. The summed E-state index contributed by atoms with van der Waals surface area (Å²) in [7, 11) is 0. The minimum atomic E-state index is 1.22. The van der Waals surface area contributed by atoms with Crippen LogP contribution in [0.1, 0.15) is 0 Å². The van der Waals surface area contributed by atoms with Crippen LogP contribution in [-0.4, -0.2) is 8.80 Å². The van der Waals surface area contributed by atoms with Crippen molar-refractivity contribution in [3.63, 3.8) is 0 Å². The standard InChI is InChI=1S/C60H34N2/c1-3-15-43-39(11-1)41-13-5-7-17-45(41)53-31-35(23-27-47(43)53)37-25-29-49-51-19-9-22-56-59(51)61(57(49)33-37)55-21-10-20-52-50-30-26-38(34-58(50)62(56)60(52)55)36-24-28-48-44-16-4-2-12-40(44)42-14-6-8-18-46(42)54(48)32-36/h1-34H. The number of nitrogens with zero attached hydrogens (tertiary/aromatic N) is 2. The van der Waals surface area contributed by atoms with Crippen molar-refractivity contribution in [1.82, 2.24) is 8.80 Å². The summed E-state index contributed by atoms with van der Waals surface area (Å²) in [5, 5.41) is 20.7. The first-order valence-corrected chi connectivity index (χ1v) is 21.6. The van der Waals surface area contributed by atoms with Gasteiger partial charge in [0.05, 0.1) is 33.1 Å². The highest BCUT2D eigenvalue weighted by Gasteiger charge is 2.22. The Kier molecular flexibility index (Phi) is 6.18. The molecule has 284 valence electrons. The van der Waals surface area contributed by atoms with Crippen LogP contribution in [0.4, 0.5) is 0 Å². The monoisotopic (exact) mass is 782 g/mol. The number of para-hydroxylation sites is 2. The van der Waals surface area contributed by atoms with Gasteiger partial charge in [0.1, 0.15) is 0 Å². The molecule has 0 radical (unpaired) electrons. The highest BCUT2D eigenvalue weighted by molar-refractivity contribution is 6.28. The van der Waals surface area contributed by atoms with Gasteiger partial charge in [0.2, 0.25) is 0 Å². The molecule has 15 rings (SSSR count). The van der Waals surface area contributed by atoms with Crippen molar-refractivity contribution in [3.05, 3.63) is 206 Å². The van der Waals surface area contributed by atoms with E-state index >= 15 is 0 Å². The van der Waals surface area contributed by atoms with Crippen LogP contribution in [0, 0.1) is 0 Å². The molecule has 2 nitrogen and oxygen atoms in total. The molecule has 3 heterocycles. The maximum absolute atomic E-state index is 2.54. The quantitative estimate of drug-likeness (QED) is 0.122. The van der Waals surface area contributed by atoms with E-state index in [2.05, 4.69) is 215 Å². The van der Waals surface area contributed by atoms with Crippen molar-refractivity contribution >= 4 is 119 Å². The maximum Gasteiger partial charge on any atom is 0.0783 e. The van der Waals surface area contributed by atoms with Gasteiger partial charge in [-0.05, 0) is 123 Å². The Labute approximate surface area is 355 Å². The van der Waals surface area contributed by atoms with Gasteiger partial charge in [-0.25, -0.2) is 0 Å². The minimum Gasteiger partial charge on any atom is -0.305 e. The maximum atomic E-state index is 2.54. The Balaban J connectivity index is 0.969. The van der Waals surface area contributed by atoms with Gasteiger partial charge in [0.25, 0.3) is 0 Å². The molecule has 0 saturated heterocycles. The predicted molar refractivity (Wildman–Crippen MR) is 265 cm³/mol. The van der Waals surface area contributed by atoms with E-state index in [0.717, 1.165) is 0 Å². The second kappa shape index (κ2) is 11.8. The minimum absolute atomic E-state index is 1.22. The van der Waals surface area contributed by atoms with Crippen LogP contribution in [0.15, 0.2) is 206 Å². The third-order valence-corrected chi connectivity index (χ3v) is 14.2. The molecule has 62 heavy (non-hydrogen) atoms. The van der Waals surface area contributed by atoms with Crippen LogP contribution >= 0.6 is 0 Å². The number of benzene rings is 12. The molecular weight excluding hydrogens is 749 g/mol. The van der Waals surface area contributed by atoms with Gasteiger partial charge in [-0.2, -0.15) is 0 Å². The Morgan fingerprint density at radius 1 is 0.177 bits per heavy atom. The van der Waals surface area contributed by atoms with E-state index in [9.17, 15) is 0 Å². The van der Waals surface area contributed by atoms with Crippen LogP contribution in [0.3, 0.4) is 0 Å². The predicted octanol–water partition coefficient (Wildman–Crippen LogP) is 16.5. The summed E-state index contributed by atoms with van der Waals surface area (Å²) >= 11 is 0. The number of aromatic nitrogens is 2. The lowest BCUT2D eigenvalue weighted by Crippen LogP contribution is -1.97. The molecular formula is C60H34N2. The van der Waals surface area contributed by atoms with Gasteiger partial charge in [0, 0.05) is 21.5 Å². The molecule has 0 atom stereocenters. The fourth-order valence-electron chi connectivity index (χ4n) is 11.5. The van der Waals surface area contributed by atoms with E-state index in [1.807, 2.05) is 0 Å². The molecule has 0 spiro atoms. The van der Waals surface area contributed by atoms with E-state index in [1.54, 1.807) is 0 Å².